The van der Waals surface area contributed by atoms with Gasteiger partial charge in [0.05, 0.1) is 23.4 Å². The molecule has 0 radical (unpaired) electrons. The summed E-state index contributed by atoms with van der Waals surface area (Å²) in [4.78, 5) is 23.2. The minimum Gasteiger partial charge on any atom is -0.379 e. The van der Waals surface area contributed by atoms with Gasteiger partial charge in [-0.15, -0.1) is 11.8 Å². The predicted molar refractivity (Wildman–Crippen MR) is 135 cm³/mol. The van der Waals surface area contributed by atoms with Gasteiger partial charge in [0.1, 0.15) is 5.82 Å². The number of amides is 1. The van der Waals surface area contributed by atoms with Crippen molar-refractivity contribution in [2.24, 2.45) is 0 Å². The van der Waals surface area contributed by atoms with Crippen LogP contribution in [0.2, 0.25) is 5.02 Å². The largest absolute Gasteiger partial charge is 0.379 e. The number of carbonyl (C=O) groups is 1. The molecular formula is C24H27ClFN3O2S2. The van der Waals surface area contributed by atoms with Crippen LogP contribution in [-0.2, 0) is 9.53 Å². The van der Waals surface area contributed by atoms with E-state index < -0.39 is 0 Å². The Balaban J connectivity index is 1.44. The summed E-state index contributed by atoms with van der Waals surface area (Å²) in [5, 5.41) is 1.40. The van der Waals surface area contributed by atoms with Crippen LogP contribution in [0.1, 0.15) is 18.4 Å². The first kappa shape index (κ1) is 24.4. The molecule has 0 spiro atoms. The fourth-order valence-corrected chi connectivity index (χ4v) is 5.79. The van der Waals surface area contributed by atoms with E-state index in [0.717, 1.165) is 59.9 Å². The normalized spacial score (nSPS) is 14.6. The predicted octanol–water partition coefficient (Wildman–Crippen LogP) is 5.63. The van der Waals surface area contributed by atoms with Crippen molar-refractivity contribution in [3.05, 3.63) is 52.8 Å². The first-order chi connectivity index (χ1) is 16.0. The third-order valence-corrected chi connectivity index (χ3v) is 8.09. The number of morpholine rings is 1. The smallest absolute Gasteiger partial charge is 0.229 e. The van der Waals surface area contributed by atoms with Gasteiger partial charge in [0.25, 0.3) is 0 Å². The number of thioether (sulfide) groups is 1. The lowest BCUT2D eigenvalue weighted by Crippen LogP contribution is -2.39. The maximum absolute atomic E-state index is 13.3. The number of nitrogens with zero attached hydrogens (tertiary/aromatic N) is 3. The first-order valence-electron chi connectivity index (χ1n) is 11.1. The molecule has 0 atom stereocenters. The van der Waals surface area contributed by atoms with E-state index in [1.807, 2.05) is 24.0 Å². The lowest BCUT2D eigenvalue weighted by atomic mass is 10.2. The highest BCUT2D eigenvalue weighted by Crippen LogP contribution is 2.34. The molecule has 0 saturated carbocycles. The number of thiazole rings is 1. The summed E-state index contributed by atoms with van der Waals surface area (Å²) in [6, 6.07) is 10.2. The highest BCUT2D eigenvalue weighted by atomic mass is 35.5. The van der Waals surface area contributed by atoms with Crippen molar-refractivity contribution in [3.63, 3.8) is 0 Å². The van der Waals surface area contributed by atoms with Gasteiger partial charge in [-0.3, -0.25) is 14.6 Å². The lowest BCUT2D eigenvalue weighted by Gasteiger charge is -2.27. The Morgan fingerprint density at radius 2 is 2.00 bits per heavy atom. The van der Waals surface area contributed by atoms with Gasteiger partial charge in [-0.2, -0.15) is 0 Å². The van der Waals surface area contributed by atoms with Crippen molar-refractivity contribution in [2.75, 3.05) is 50.0 Å². The molecular weight excluding hydrogens is 481 g/mol. The topological polar surface area (TPSA) is 45.7 Å². The highest BCUT2D eigenvalue weighted by Gasteiger charge is 2.21. The molecule has 1 amide bonds. The van der Waals surface area contributed by atoms with Crippen molar-refractivity contribution in [1.82, 2.24) is 9.88 Å². The van der Waals surface area contributed by atoms with Crippen molar-refractivity contribution in [2.45, 2.75) is 24.7 Å². The average Bonchev–Trinajstić information content (AvgIpc) is 3.26. The Morgan fingerprint density at radius 1 is 1.24 bits per heavy atom. The fourth-order valence-electron chi connectivity index (χ4n) is 3.73. The Morgan fingerprint density at radius 3 is 2.76 bits per heavy atom. The molecule has 1 aliphatic heterocycles. The summed E-state index contributed by atoms with van der Waals surface area (Å²) in [6.07, 6.45) is 1.25. The number of aromatic nitrogens is 1. The summed E-state index contributed by atoms with van der Waals surface area (Å²) in [5.74, 6) is 0.419. The first-order valence-corrected chi connectivity index (χ1v) is 13.2. The number of halogens is 2. The van der Waals surface area contributed by atoms with Crippen LogP contribution >= 0.6 is 34.7 Å². The molecule has 5 nitrogen and oxygen atoms in total. The Hall–Kier alpha value is -1.71. The number of hydrogen-bond acceptors (Lipinski definition) is 6. The number of carbonyl (C=O) groups excluding carboxylic acids is 1. The van der Waals surface area contributed by atoms with Crippen LogP contribution in [-0.4, -0.2) is 60.9 Å². The number of rotatable bonds is 9. The average molecular weight is 508 g/mol. The summed E-state index contributed by atoms with van der Waals surface area (Å²) < 4.78 is 19.6. The van der Waals surface area contributed by atoms with E-state index in [0.29, 0.717) is 28.9 Å². The Labute approximate surface area is 206 Å². The molecule has 4 rings (SSSR count). The zero-order valence-corrected chi connectivity index (χ0v) is 20.9. The number of anilines is 1. The summed E-state index contributed by atoms with van der Waals surface area (Å²) >= 11 is 9.37. The molecule has 1 aromatic heterocycles. The van der Waals surface area contributed by atoms with Gasteiger partial charge < -0.3 is 4.74 Å². The highest BCUT2D eigenvalue weighted by molar-refractivity contribution is 7.99. The van der Waals surface area contributed by atoms with Crippen LogP contribution in [0.4, 0.5) is 9.52 Å². The molecule has 0 unspecified atom stereocenters. The maximum atomic E-state index is 13.3. The zero-order chi connectivity index (χ0) is 23.2. The number of benzene rings is 2. The van der Waals surface area contributed by atoms with Crippen molar-refractivity contribution >= 4 is 56.0 Å². The minimum absolute atomic E-state index is 0.0504. The number of aryl methyl sites for hydroxylation is 1. The minimum atomic E-state index is -0.256. The zero-order valence-electron chi connectivity index (χ0n) is 18.6. The van der Waals surface area contributed by atoms with Crippen LogP contribution in [0.15, 0.2) is 41.3 Å². The maximum Gasteiger partial charge on any atom is 0.229 e. The molecule has 1 aliphatic rings. The Bertz CT molecular complexity index is 1090. The molecule has 9 heteroatoms. The summed E-state index contributed by atoms with van der Waals surface area (Å²) in [5.41, 5.74) is 1.79. The molecule has 1 fully saturated rings. The number of fused-ring (bicyclic) bond motifs is 1. The van der Waals surface area contributed by atoms with Gasteiger partial charge in [0.15, 0.2) is 5.13 Å². The van der Waals surface area contributed by atoms with Gasteiger partial charge >= 0.3 is 0 Å². The molecule has 3 aromatic rings. The SMILES string of the molecule is Cc1c(Cl)ccc2sc(N(CCCN3CCOCC3)C(=O)CCSc3ccc(F)cc3)nc12. The fraction of sp³-hybridized carbons (Fsp3) is 0.417. The third-order valence-electron chi connectivity index (χ3n) is 5.63. The van der Waals surface area contributed by atoms with E-state index in [2.05, 4.69) is 4.90 Å². The van der Waals surface area contributed by atoms with Crippen LogP contribution in [0.5, 0.6) is 0 Å². The van der Waals surface area contributed by atoms with Crippen molar-refractivity contribution in [3.8, 4) is 0 Å². The molecule has 0 bridgehead atoms. The molecule has 0 aliphatic carbocycles. The monoisotopic (exact) mass is 507 g/mol. The van der Waals surface area contributed by atoms with Crippen LogP contribution in [0.25, 0.3) is 10.2 Å². The quantitative estimate of drug-likeness (QED) is 0.351. The van der Waals surface area contributed by atoms with E-state index in [9.17, 15) is 9.18 Å². The van der Waals surface area contributed by atoms with Gasteiger partial charge in [0.2, 0.25) is 5.91 Å². The lowest BCUT2D eigenvalue weighted by molar-refractivity contribution is -0.118. The van der Waals surface area contributed by atoms with Gasteiger partial charge in [-0.05, 0) is 55.3 Å². The second-order valence-electron chi connectivity index (χ2n) is 7.92. The van der Waals surface area contributed by atoms with Crippen LogP contribution in [0.3, 0.4) is 0 Å². The summed E-state index contributed by atoms with van der Waals surface area (Å²) in [7, 11) is 0. The summed E-state index contributed by atoms with van der Waals surface area (Å²) in [6.45, 7) is 6.89. The van der Waals surface area contributed by atoms with E-state index in [-0.39, 0.29) is 11.7 Å². The Kier molecular flexibility index (Phi) is 8.60. The van der Waals surface area contributed by atoms with Gasteiger partial charge in [-0.1, -0.05) is 22.9 Å². The third kappa shape index (κ3) is 6.45. The van der Waals surface area contributed by atoms with Gasteiger partial charge in [-0.25, -0.2) is 9.37 Å². The molecule has 2 heterocycles. The molecule has 176 valence electrons. The van der Waals surface area contributed by atoms with Gasteiger partial charge in [0, 0.05) is 48.3 Å². The molecule has 2 aromatic carbocycles. The van der Waals surface area contributed by atoms with Crippen LogP contribution in [0, 0.1) is 12.7 Å². The van der Waals surface area contributed by atoms with E-state index in [4.69, 9.17) is 21.3 Å². The van der Waals surface area contributed by atoms with E-state index in [1.54, 1.807) is 23.9 Å². The van der Waals surface area contributed by atoms with E-state index >= 15 is 0 Å². The second kappa shape index (κ2) is 11.6. The van der Waals surface area contributed by atoms with Crippen LogP contribution < -0.4 is 4.90 Å². The van der Waals surface area contributed by atoms with Crippen molar-refractivity contribution in [1.29, 1.82) is 0 Å². The van der Waals surface area contributed by atoms with E-state index in [1.165, 1.54) is 23.5 Å². The molecule has 1 saturated heterocycles. The second-order valence-corrected chi connectivity index (χ2v) is 10.5. The number of hydrogen-bond donors (Lipinski definition) is 0. The molecule has 0 N–H and O–H groups in total. The number of ether oxygens (including phenoxy) is 1. The van der Waals surface area contributed by atoms with Crippen molar-refractivity contribution < 1.29 is 13.9 Å². The standard InChI is InChI=1S/C24H27ClFN3O2S2/c1-17-20(25)7-8-21-23(17)27-24(33-21)29(11-2-10-28-12-14-31-15-13-28)22(30)9-16-32-19-5-3-18(26)4-6-19/h3-8H,2,9-16H2,1H3. The molecule has 33 heavy (non-hydrogen) atoms.